The van der Waals surface area contributed by atoms with E-state index in [9.17, 15) is 0 Å². The maximum Gasteiger partial charge on any atom is 0.0717 e. The molecular weight excluding hydrogens is 222 g/mol. The molecule has 2 bridgehead atoms. The van der Waals surface area contributed by atoms with Gasteiger partial charge in [-0.2, -0.15) is 0 Å². The van der Waals surface area contributed by atoms with Gasteiger partial charge in [-0.15, -0.1) is 0 Å². The Hall–Kier alpha value is -0.860. The number of ether oxygens (including phenoxy) is 1. The average molecular weight is 245 g/mol. The quantitative estimate of drug-likeness (QED) is 0.883. The van der Waals surface area contributed by atoms with Crippen LogP contribution in [0.4, 0.5) is 0 Å². The van der Waals surface area contributed by atoms with Gasteiger partial charge >= 0.3 is 0 Å². The Labute approximate surface area is 110 Å². The van der Waals surface area contributed by atoms with Gasteiger partial charge in [0.05, 0.1) is 13.2 Å². The van der Waals surface area contributed by atoms with Crippen molar-refractivity contribution in [2.24, 2.45) is 11.1 Å². The van der Waals surface area contributed by atoms with Crippen LogP contribution in [-0.2, 0) is 11.3 Å². The Morgan fingerprint density at radius 2 is 1.56 bits per heavy atom. The van der Waals surface area contributed by atoms with Crippen LogP contribution in [0.15, 0.2) is 30.3 Å². The zero-order chi connectivity index (χ0) is 12.5. The summed E-state index contributed by atoms with van der Waals surface area (Å²) in [6.45, 7) is 1.66. The van der Waals surface area contributed by atoms with Gasteiger partial charge in [-0.3, -0.25) is 0 Å². The minimum atomic E-state index is 0.168. The second kappa shape index (κ2) is 4.67. The van der Waals surface area contributed by atoms with E-state index in [2.05, 4.69) is 24.3 Å². The highest BCUT2D eigenvalue weighted by Crippen LogP contribution is 2.51. The molecule has 0 spiro atoms. The van der Waals surface area contributed by atoms with Gasteiger partial charge in [0.15, 0.2) is 0 Å². The Morgan fingerprint density at radius 3 is 2.17 bits per heavy atom. The van der Waals surface area contributed by atoms with Crippen LogP contribution in [-0.4, -0.2) is 12.1 Å². The summed E-state index contributed by atoms with van der Waals surface area (Å²) in [5.41, 5.74) is 8.21. The van der Waals surface area contributed by atoms with Crippen molar-refractivity contribution in [3.05, 3.63) is 35.9 Å². The summed E-state index contributed by atoms with van der Waals surface area (Å²) in [6, 6.07) is 10.4. The summed E-state index contributed by atoms with van der Waals surface area (Å²) in [4.78, 5) is 0. The number of fused-ring (bicyclic) bond motifs is 3. The summed E-state index contributed by atoms with van der Waals surface area (Å²) in [6.07, 6.45) is 7.37. The van der Waals surface area contributed by atoms with E-state index >= 15 is 0 Å². The largest absolute Gasteiger partial charge is 0.376 e. The van der Waals surface area contributed by atoms with E-state index in [1.807, 2.05) is 6.07 Å². The molecule has 18 heavy (non-hydrogen) atoms. The predicted molar refractivity (Wildman–Crippen MR) is 73.2 cm³/mol. The Kier molecular flexibility index (Phi) is 3.16. The van der Waals surface area contributed by atoms with Crippen molar-refractivity contribution in [2.45, 2.75) is 50.7 Å². The number of rotatable bonds is 4. The fraction of sp³-hybridized carbons (Fsp3) is 0.625. The minimum Gasteiger partial charge on any atom is -0.376 e. The molecular formula is C16H23NO. The lowest BCUT2D eigenvalue weighted by atomic mass is 9.58. The van der Waals surface area contributed by atoms with Gasteiger partial charge in [-0.1, -0.05) is 30.3 Å². The number of hydrogen-bond acceptors (Lipinski definition) is 2. The first-order valence-corrected chi connectivity index (χ1v) is 7.11. The third-order valence-electron chi connectivity index (χ3n) is 4.98. The van der Waals surface area contributed by atoms with Crippen molar-refractivity contribution in [2.75, 3.05) is 6.61 Å². The number of hydrogen-bond donors (Lipinski definition) is 1. The molecule has 2 N–H and O–H groups in total. The molecule has 98 valence electrons. The first-order valence-electron chi connectivity index (χ1n) is 7.11. The van der Waals surface area contributed by atoms with E-state index < -0.39 is 0 Å². The topological polar surface area (TPSA) is 35.2 Å². The molecule has 0 aromatic heterocycles. The van der Waals surface area contributed by atoms with Gasteiger partial charge in [0.1, 0.15) is 0 Å². The predicted octanol–water partition coefficient (Wildman–Crippen LogP) is 3.25. The van der Waals surface area contributed by atoms with Gasteiger partial charge in [0, 0.05) is 5.54 Å². The number of nitrogens with two attached hydrogens (primary N) is 1. The summed E-state index contributed by atoms with van der Waals surface area (Å²) in [5.74, 6) is 0. The summed E-state index contributed by atoms with van der Waals surface area (Å²) < 4.78 is 5.97. The van der Waals surface area contributed by atoms with Crippen molar-refractivity contribution in [1.82, 2.24) is 0 Å². The van der Waals surface area contributed by atoms with E-state index in [-0.39, 0.29) is 5.54 Å². The van der Waals surface area contributed by atoms with E-state index in [0.29, 0.717) is 5.41 Å². The van der Waals surface area contributed by atoms with Gasteiger partial charge in [0.25, 0.3) is 0 Å². The third kappa shape index (κ3) is 2.45. The average Bonchev–Trinajstić information content (AvgIpc) is 2.42. The molecule has 3 fully saturated rings. The molecule has 0 atom stereocenters. The highest BCUT2D eigenvalue weighted by molar-refractivity contribution is 5.13. The smallest absolute Gasteiger partial charge is 0.0717 e. The molecule has 1 aromatic carbocycles. The van der Waals surface area contributed by atoms with Crippen molar-refractivity contribution in [3.8, 4) is 0 Å². The summed E-state index contributed by atoms with van der Waals surface area (Å²) in [5, 5.41) is 0. The molecule has 1 aromatic rings. The Morgan fingerprint density at radius 1 is 0.944 bits per heavy atom. The lowest BCUT2D eigenvalue weighted by Crippen LogP contribution is -2.53. The normalized spacial score (nSPS) is 34.7. The minimum absolute atomic E-state index is 0.168. The molecule has 3 saturated carbocycles. The zero-order valence-electron chi connectivity index (χ0n) is 11.0. The second-order valence-corrected chi connectivity index (χ2v) is 6.34. The van der Waals surface area contributed by atoms with E-state index in [1.165, 1.54) is 44.1 Å². The zero-order valence-corrected chi connectivity index (χ0v) is 11.0. The Balaban J connectivity index is 1.52. The van der Waals surface area contributed by atoms with Crippen molar-refractivity contribution in [3.63, 3.8) is 0 Å². The maximum absolute atomic E-state index is 6.33. The van der Waals surface area contributed by atoms with Crippen LogP contribution in [0.5, 0.6) is 0 Å². The van der Waals surface area contributed by atoms with Gasteiger partial charge < -0.3 is 10.5 Å². The SMILES string of the molecule is NC12CCC(COCc3ccccc3)(CC1)CC2. The standard InChI is InChI=1S/C16H23NO/c17-16-9-6-15(7-10-16,8-11-16)13-18-12-14-4-2-1-3-5-14/h1-5H,6-13,17H2. The fourth-order valence-corrected chi connectivity index (χ4v) is 3.47. The molecule has 3 aliphatic carbocycles. The molecule has 2 heteroatoms. The molecule has 4 rings (SSSR count). The lowest BCUT2D eigenvalue weighted by Gasteiger charge is -2.51. The van der Waals surface area contributed by atoms with Crippen molar-refractivity contribution in [1.29, 1.82) is 0 Å². The third-order valence-corrected chi connectivity index (χ3v) is 4.98. The summed E-state index contributed by atoms with van der Waals surface area (Å²) in [7, 11) is 0. The second-order valence-electron chi connectivity index (χ2n) is 6.34. The first kappa shape index (κ1) is 12.2. The molecule has 0 aliphatic heterocycles. The maximum atomic E-state index is 6.33. The van der Waals surface area contributed by atoms with Gasteiger partial charge in [-0.25, -0.2) is 0 Å². The monoisotopic (exact) mass is 245 g/mol. The van der Waals surface area contributed by atoms with Crippen LogP contribution in [0.25, 0.3) is 0 Å². The van der Waals surface area contributed by atoms with E-state index in [1.54, 1.807) is 0 Å². The number of benzene rings is 1. The molecule has 0 saturated heterocycles. The molecule has 0 unspecified atom stereocenters. The van der Waals surface area contributed by atoms with Crippen molar-refractivity contribution < 1.29 is 4.74 Å². The van der Waals surface area contributed by atoms with Crippen LogP contribution >= 0.6 is 0 Å². The van der Waals surface area contributed by atoms with Crippen LogP contribution in [0, 0.1) is 5.41 Å². The highest BCUT2D eigenvalue weighted by atomic mass is 16.5. The lowest BCUT2D eigenvalue weighted by molar-refractivity contribution is -0.0404. The van der Waals surface area contributed by atoms with E-state index in [0.717, 1.165) is 13.2 Å². The highest BCUT2D eigenvalue weighted by Gasteiger charge is 2.46. The van der Waals surface area contributed by atoms with Crippen LogP contribution in [0.2, 0.25) is 0 Å². The first-order chi connectivity index (χ1) is 8.70. The molecule has 3 aliphatic rings. The van der Waals surface area contributed by atoms with Gasteiger partial charge in [0.2, 0.25) is 0 Å². The van der Waals surface area contributed by atoms with Crippen molar-refractivity contribution >= 4 is 0 Å². The molecule has 0 heterocycles. The Bertz CT molecular complexity index is 376. The van der Waals surface area contributed by atoms with Gasteiger partial charge in [-0.05, 0) is 49.5 Å². The fourth-order valence-electron chi connectivity index (χ4n) is 3.47. The van der Waals surface area contributed by atoms with Crippen LogP contribution < -0.4 is 5.73 Å². The van der Waals surface area contributed by atoms with Crippen LogP contribution in [0.1, 0.15) is 44.1 Å². The summed E-state index contributed by atoms with van der Waals surface area (Å²) >= 11 is 0. The molecule has 0 radical (unpaired) electrons. The van der Waals surface area contributed by atoms with E-state index in [4.69, 9.17) is 10.5 Å². The molecule has 2 nitrogen and oxygen atoms in total. The molecule has 0 amide bonds. The van der Waals surface area contributed by atoms with Crippen LogP contribution in [0.3, 0.4) is 0 Å².